The first-order valence-electron chi connectivity index (χ1n) is 0. The molecule has 0 aromatic heterocycles. The first-order chi connectivity index (χ1) is 0. The zero-order valence-electron chi connectivity index (χ0n) is 0.707. The fraction of sp³-hybridized carbons (Fsp3) is 0. The van der Waals surface area contributed by atoms with E-state index in [2.05, 4.69) is 0 Å². The summed E-state index contributed by atoms with van der Waals surface area (Å²) >= 11 is 0. The molecule has 3 N–H and O–H groups in total. The summed E-state index contributed by atoms with van der Waals surface area (Å²) in [5.41, 5.74) is 0. The van der Waals surface area contributed by atoms with E-state index < -0.39 is 0 Å². The third-order valence-electron chi connectivity index (χ3n) is 0. The van der Waals surface area contributed by atoms with Gasteiger partial charge in [0, 0.05) is 0 Å². The molecule has 0 saturated carbocycles. The molecule has 0 unspecified atom stereocenters. The van der Waals surface area contributed by atoms with Crippen molar-refractivity contribution in [1.82, 2.24) is 6.15 Å². The molecule has 0 spiro atoms. The Morgan fingerprint density at radius 3 is 1.00 bits per heavy atom. The van der Waals surface area contributed by atoms with Crippen molar-refractivity contribution in [1.29, 1.82) is 0 Å². The second-order valence-corrected chi connectivity index (χ2v) is 0. The standard InChI is InChI=1S/Ga.In.Mg.H3N.8H/h;;;1H3;;;;;;;;. The van der Waals surface area contributed by atoms with Gasteiger partial charge in [-0.05, 0) is 0 Å². The zero-order valence-corrected chi connectivity index (χ0v) is 0.707. The Hall–Kier alpha value is 2.23. The smallest absolute Gasteiger partial charge is 0.316 e. The second kappa shape index (κ2) is 18.8. The van der Waals surface area contributed by atoms with Gasteiger partial charge in [-0.25, -0.2) is 0 Å². The van der Waals surface area contributed by atoms with E-state index in [1.165, 1.54) is 0 Å². The fourth-order valence-corrected chi connectivity index (χ4v) is 0. The molecule has 0 saturated heterocycles. The van der Waals surface area contributed by atoms with E-state index in [1.54, 1.807) is 0 Å². The zero-order chi connectivity index (χ0) is 0. The van der Waals surface area contributed by atoms with Crippen LogP contribution in [0, 0.1) is 0 Å². The largest absolute Gasteiger partial charge is 0.316 e. The van der Waals surface area contributed by atoms with Crippen LogP contribution in [0.3, 0.4) is 0 Å². The predicted octanol–water partition coefficient (Wildman–Crippen LogP) is -3.12. The average molecular weight is 234 g/mol. The van der Waals surface area contributed by atoms with Crippen molar-refractivity contribution in [2.24, 2.45) is 0 Å². The van der Waals surface area contributed by atoms with Crippen molar-refractivity contribution < 1.29 is 0 Å². The van der Waals surface area contributed by atoms with E-state index >= 15 is 0 Å². The summed E-state index contributed by atoms with van der Waals surface area (Å²) in [6.07, 6.45) is 0. The monoisotopic (exact) mass is 233 g/mol. The molecule has 0 radical (unpaired) electrons. The summed E-state index contributed by atoms with van der Waals surface area (Å²) in [6.45, 7) is 0. The Balaban J connectivity index is 0. The van der Waals surface area contributed by atoms with Crippen molar-refractivity contribution in [2.75, 3.05) is 0 Å². The minimum Gasteiger partial charge on any atom is 0.316 e. The van der Waals surface area contributed by atoms with Crippen LogP contribution >= 0.6 is 0 Å². The summed E-state index contributed by atoms with van der Waals surface area (Å²) in [6, 6.07) is 0. The van der Waals surface area contributed by atoms with Crippen molar-refractivity contribution in [3.63, 3.8) is 0 Å². The molecule has 0 rings (SSSR count). The minimum absolute atomic E-state index is 0. The van der Waals surface area contributed by atoms with Crippen LogP contribution in [-0.4, -0.2) is 68.7 Å². The molecule has 24 valence electrons. The van der Waals surface area contributed by atoms with Crippen molar-refractivity contribution in [2.45, 2.75) is 0 Å². The van der Waals surface area contributed by atoms with Gasteiger partial charge in [-0.2, -0.15) is 0 Å². The summed E-state index contributed by atoms with van der Waals surface area (Å²) in [4.78, 5) is 0. The molecule has 0 aliphatic heterocycles. The number of hydrogen-bond donors (Lipinski definition) is 1. The number of hydrogen-bond acceptors (Lipinski definition) is 1. The van der Waals surface area contributed by atoms with E-state index in [0.717, 1.165) is 0 Å². The fourth-order valence-electron chi connectivity index (χ4n) is 0. The maximum absolute atomic E-state index is 0. The van der Waals surface area contributed by atoms with Crippen LogP contribution in [0.15, 0.2) is 0 Å². The Labute approximate surface area is 73.9 Å². The van der Waals surface area contributed by atoms with Gasteiger partial charge in [0.2, 0.25) is 0 Å². The second-order valence-electron chi connectivity index (χ2n) is 0. The molecule has 0 atom stereocenters. The van der Waals surface area contributed by atoms with Gasteiger partial charge < -0.3 is 6.15 Å². The molecule has 0 fully saturated rings. The Kier molecular flexibility index (Phi) is 161. The van der Waals surface area contributed by atoms with Crippen LogP contribution in [-0.2, 0) is 0 Å². The summed E-state index contributed by atoms with van der Waals surface area (Å²) in [5.74, 6) is 0. The van der Waals surface area contributed by atoms with Crippen molar-refractivity contribution in [3.05, 3.63) is 0 Å². The minimum atomic E-state index is 0. The SMILES string of the molecule is N.[GaH3].[InH3].[MgH2]. The maximum atomic E-state index is 0. The Morgan fingerprint density at radius 1 is 1.00 bits per heavy atom. The molecule has 0 aliphatic carbocycles. The van der Waals surface area contributed by atoms with Crippen LogP contribution in [0.1, 0.15) is 0 Å². The molecule has 0 bridgehead atoms. The Morgan fingerprint density at radius 2 is 1.00 bits per heavy atom. The average Bonchev–Trinajstić information content (AvgIpc) is 0. The molecular formula is H11GaInMgN. The predicted molar refractivity (Wildman–Crippen MR) is 33.4 cm³/mol. The van der Waals surface area contributed by atoms with Crippen LogP contribution in [0.25, 0.3) is 0 Å². The van der Waals surface area contributed by atoms with Crippen LogP contribution in [0.2, 0.25) is 0 Å². The first kappa shape index (κ1) is 34.2. The van der Waals surface area contributed by atoms with E-state index in [1.807, 2.05) is 0 Å². The molecule has 0 amide bonds. The Bertz CT molecular complexity index is 8.00. The molecule has 0 aromatic carbocycles. The molecule has 4 heavy (non-hydrogen) atoms. The normalized spacial score (nSPS) is 0. The van der Waals surface area contributed by atoms with Gasteiger partial charge in [0.1, 0.15) is 0 Å². The van der Waals surface area contributed by atoms with Crippen molar-refractivity contribution >= 4 is 68.7 Å². The van der Waals surface area contributed by atoms with Gasteiger partial charge in [0.05, 0.1) is 0 Å². The van der Waals surface area contributed by atoms with Crippen LogP contribution in [0.5, 0.6) is 0 Å². The summed E-state index contributed by atoms with van der Waals surface area (Å²) < 4.78 is 0. The van der Waals surface area contributed by atoms with Gasteiger partial charge in [-0.15, -0.1) is 0 Å². The maximum Gasteiger partial charge on any atom is 0.316 e. The third kappa shape index (κ3) is 8.87. The van der Waals surface area contributed by atoms with Gasteiger partial charge in [-0.1, -0.05) is 0 Å². The molecule has 1 nitrogen and oxygen atoms in total. The first-order valence-corrected chi connectivity index (χ1v) is 0. The van der Waals surface area contributed by atoms with Crippen molar-refractivity contribution in [3.8, 4) is 0 Å². The topological polar surface area (TPSA) is 35.0 Å². The molecule has 0 aliphatic rings. The number of rotatable bonds is 0. The molecule has 0 heterocycles. The molecule has 0 aromatic rings. The molecular weight excluding hydrogens is 223 g/mol. The van der Waals surface area contributed by atoms with E-state index in [9.17, 15) is 0 Å². The van der Waals surface area contributed by atoms with E-state index in [-0.39, 0.29) is 74.8 Å². The quantitative estimate of drug-likeness (QED) is 0.442. The third-order valence-corrected chi connectivity index (χ3v) is 0. The van der Waals surface area contributed by atoms with Crippen LogP contribution in [0.4, 0.5) is 0 Å². The van der Waals surface area contributed by atoms with E-state index in [0.29, 0.717) is 0 Å². The van der Waals surface area contributed by atoms with E-state index in [4.69, 9.17) is 0 Å². The summed E-state index contributed by atoms with van der Waals surface area (Å²) in [7, 11) is 0. The summed E-state index contributed by atoms with van der Waals surface area (Å²) in [5, 5.41) is 0. The van der Waals surface area contributed by atoms with Gasteiger partial charge >= 0.3 is 68.7 Å². The van der Waals surface area contributed by atoms with Gasteiger partial charge in [-0.3, -0.25) is 0 Å². The van der Waals surface area contributed by atoms with Crippen LogP contribution < -0.4 is 6.15 Å². The molecule has 4 heteroatoms. The van der Waals surface area contributed by atoms with Gasteiger partial charge in [0.25, 0.3) is 0 Å². The van der Waals surface area contributed by atoms with Gasteiger partial charge in [0.15, 0.2) is 0 Å².